The molecule has 0 radical (unpaired) electrons. The number of likely N-dealkylation sites (tertiary alicyclic amines) is 1. The van der Waals surface area contributed by atoms with E-state index in [0.29, 0.717) is 19.6 Å². The van der Waals surface area contributed by atoms with Gasteiger partial charge in [-0.2, -0.15) is 0 Å². The van der Waals surface area contributed by atoms with E-state index in [9.17, 15) is 4.79 Å². The first-order chi connectivity index (χ1) is 19.8. The zero-order chi connectivity index (χ0) is 30.0. The molecule has 1 amide bonds. The number of para-hydroxylation sites is 1. The maximum atomic E-state index is 12.9. The third-order valence-corrected chi connectivity index (χ3v) is 6.96. The molecule has 5 rings (SSSR count). The van der Waals surface area contributed by atoms with E-state index in [0.717, 1.165) is 44.8 Å². The third kappa shape index (κ3) is 7.07. The molecule has 4 N–H and O–H groups in total. The number of hydrogen-bond donors (Lipinski definition) is 3. The molecule has 1 aliphatic rings. The van der Waals surface area contributed by atoms with Gasteiger partial charge in [0.05, 0.1) is 18.3 Å². The molecule has 1 aliphatic heterocycles. The van der Waals surface area contributed by atoms with Gasteiger partial charge in [-0.3, -0.25) is 4.79 Å². The van der Waals surface area contributed by atoms with Crippen molar-refractivity contribution >= 4 is 23.6 Å². The molecule has 2 heterocycles. The Morgan fingerprint density at radius 3 is 2.24 bits per heavy atom. The van der Waals surface area contributed by atoms with Crippen LogP contribution >= 0.6 is 0 Å². The summed E-state index contributed by atoms with van der Waals surface area (Å²) in [6.07, 6.45) is 0.612. The maximum absolute atomic E-state index is 12.9. The largest absolute Gasteiger partial charge is 0.497 e. The predicted octanol–water partition coefficient (Wildman–Crippen LogP) is 4.69. The fraction of sp³-hybridized carbons (Fsp3) is 0.281. The minimum absolute atomic E-state index is 0.0134. The molecular weight excluding hydrogens is 520 g/mol. The number of amides is 1. The van der Waals surface area contributed by atoms with E-state index in [2.05, 4.69) is 12.1 Å². The normalized spacial score (nSPS) is 16.1. The van der Waals surface area contributed by atoms with Crippen molar-refractivity contribution in [3.63, 3.8) is 0 Å². The lowest BCUT2D eigenvalue weighted by molar-refractivity contribution is -0.133. The van der Waals surface area contributed by atoms with Gasteiger partial charge in [0.1, 0.15) is 30.4 Å². The topological polar surface area (TPSA) is 127 Å². The summed E-state index contributed by atoms with van der Waals surface area (Å²) in [6.45, 7) is 7.10. The highest BCUT2D eigenvalue weighted by Crippen LogP contribution is 2.33. The molecule has 4 aromatic rings. The minimum atomic E-state index is -0.975. The Morgan fingerprint density at radius 1 is 1.05 bits per heavy atom. The van der Waals surface area contributed by atoms with Gasteiger partial charge in [0.15, 0.2) is 0 Å². The number of pyridine rings is 1. The van der Waals surface area contributed by atoms with Gasteiger partial charge in [-0.15, -0.1) is 0 Å². The standard InChI is InChI=1S/C30H31N3O3.CH5NO.CH2O/c1-20(2)33-17-16-30(31,29(33)34)23-10-14-25(15-11-23)36-19-22-18-28(21-8-12-24(35-3)13-9-21)32-27-7-5-4-6-26(22)27;1-2-3;1-2/h4-15,18,20H,16-17,19,31H2,1-3H3;2-3H,1H3;1H2. The van der Waals surface area contributed by atoms with E-state index >= 15 is 0 Å². The average molecular weight is 559 g/mol. The van der Waals surface area contributed by atoms with Crippen molar-refractivity contribution in [2.75, 3.05) is 20.7 Å². The number of ether oxygens (including phenoxy) is 2. The van der Waals surface area contributed by atoms with Gasteiger partial charge in [0.25, 0.3) is 0 Å². The monoisotopic (exact) mass is 558 g/mol. The second-order valence-corrected chi connectivity index (χ2v) is 9.76. The van der Waals surface area contributed by atoms with Crippen molar-refractivity contribution in [2.24, 2.45) is 5.73 Å². The molecule has 1 atom stereocenters. The van der Waals surface area contributed by atoms with Crippen LogP contribution in [0, 0.1) is 0 Å². The van der Waals surface area contributed by atoms with Crippen LogP contribution in [0.2, 0.25) is 0 Å². The molecule has 1 unspecified atom stereocenters. The molecule has 41 heavy (non-hydrogen) atoms. The van der Waals surface area contributed by atoms with Crippen LogP contribution in [0.15, 0.2) is 78.9 Å². The van der Waals surface area contributed by atoms with Crippen molar-refractivity contribution in [1.82, 2.24) is 15.4 Å². The Morgan fingerprint density at radius 2 is 1.66 bits per heavy atom. The van der Waals surface area contributed by atoms with Crippen LogP contribution in [0.25, 0.3) is 22.2 Å². The zero-order valence-electron chi connectivity index (χ0n) is 24.0. The second kappa shape index (κ2) is 14.4. The molecule has 1 saturated heterocycles. The Bertz CT molecular complexity index is 1430. The highest BCUT2D eigenvalue weighted by Gasteiger charge is 2.45. The molecular formula is C32H38N4O5. The number of methoxy groups -OCH3 is 1. The Kier molecular flexibility index (Phi) is 10.9. The number of rotatable bonds is 7. The average Bonchev–Trinajstić information content (AvgIpc) is 3.32. The fourth-order valence-electron chi connectivity index (χ4n) is 4.81. The summed E-state index contributed by atoms with van der Waals surface area (Å²) in [4.78, 5) is 27.6. The van der Waals surface area contributed by atoms with E-state index in [4.69, 9.17) is 30.2 Å². The molecule has 216 valence electrons. The van der Waals surface area contributed by atoms with Gasteiger partial charge in [0.2, 0.25) is 5.91 Å². The van der Waals surface area contributed by atoms with Crippen molar-refractivity contribution in [3.8, 4) is 22.8 Å². The number of fused-ring (bicyclic) bond motifs is 1. The molecule has 9 nitrogen and oxygen atoms in total. The summed E-state index contributed by atoms with van der Waals surface area (Å²) < 4.78 is 11.5. The first-order valence-electron chi connectivity index (χ1n) is 13.3. The van der Waals surface area contributed by atoms with Gasteiger partial charge in [-0.1, -0.05) is 30.3 Å². The van der Waals surface area contributed by atoms with Gasteiger partial charge in [-0.05, 0) is 74.4 Å². The van der Waals surface area contributed by atoms with E-state index in [1.165, 1.54) is 7.05 Å². The molecule has 0 bridgehead atoms. The fourth-order valence-corrected chi connectivity index (χ4v) is 4.81. The molecule has 9 heteroatoms. The van der Waals surface area contributed by atoms with Crippen molar-refractivity contribution in [1.29, 1.82) is 0 Å². The quantitative estimate of drug-likeness (QED) is 0.279. The third-order valence-electron chi connectivity index (χ3n) is 6.96. The van der Waals surface area contributed by atoms with Crippen LogP contribution in [-0.4, -0.2) is 54.5 Å². The molecule has 0 aliphatic carbocycles. The number of hydrogen-bond acceptors (Lipinski definition) is 8. The smallest absolute Gasteiger partial charge is 0.247 e. The zero-order valence-corrected chi connectivity index (χ0v) is 24.0. The number of benzene rings is 3. The van der Waals surface area contributed by atoms with Crippen LogP contribution in [0.5, 0.6) is 11.5 Å². The summed E-state index contributed by atoms with van der Waals surface area (Å²) in [5, 5.41) is 8.37. The number of nitrogens with zero attached hydrogens (tertiary/aromatic N) is 2. The SMILES string of the molecule is C=O.CNO.COc1ccc(-c2cc(COc3ccc(C4(N)CCN(C(C)C)C4=O)cc3)c3ccccc3n2)cc1. The van der Waals surface area contributed by atoms with E-state index in [1.54, 1.807) is 12.6 Å². The van der Waals surface area contributed by atoms with Crippen LogP contribution < -0.4 is 20.7 Å². The summed E-state index contributed by atoms with van der Waals surface area (Å²) in [7, 11) is 3.09. The van der Waals surface area contributed by atoms with Gasteiger partial charge < -0.3 is 30.1 Å². The number of carbonyl (C=O) groups is 2. The Labute approximate surface area is 240 Å². The van der Waals surface area contributed by atoms with Crippen LogP contribution in [-0.2, 0) is 21.7 Å². The van der Waals surface area contributed by atoms with Crippen LogP contribution in [0.4, 0.5) is 0 Å². The molecule has 0 spiro atoms. The predicted molar refractivity (Wildman–Crippen MR) is 160 cm³/mol. The van der Waals surface area contributed by atoms with Crippen molar-refractivity contribution < 1.29 is 24.3 Å². The number of nitrogens with one attached hydrogen (secondary N) is 1. The molecule has 1 fully saturated rings. The number of carbonyl (C=O) groups excluding carboxylic acids is 2. The first kappa shape index (κ1) is 31.2. The van der Waals surface area contributed by atoms with Crippen molar-refractivity contribution in [2.45, 2.75) is 38.5 Å². The molecule has 3 aromatic carbocycles. The van der Waals surface area contributed by atoms with E-state index in [-0.39, 0.29) is 11.9 Å². The number of hydroxylamine groups is 1. The lowest BCUT2D eigenvalue weighted by atomic mass is 9.89. The number of nitrogens with two attached hydrogens (primary N) is 1. The van der Waals surface area contributed by atoms with Crippen molar-refractivity contribution in [3.05, 3.63) is 90.0 Å². The van der Waals surface area contributed by atoms with Crippen LogP contribution in [0.1, 0.15) is 31.4 Å². The summed E-state index contributed by atoms with van der Waals surface area (Å²) in [5.74, 6) is 1.52. The van der Waals surface area contributed by atoms with E-state index in [1.807, 2.05) is 92.3 Å². The molecule has 1 aromatic heterocycles. The Hall–Kier alpha value is -4.31. The first-order valence-corrected chi connectivity index (χ1v) is 13.3. The van der Waals surface area contributed by atoms with Gasteiger partial charge in [-0.25, -0.2) is 10.5 Å². The van der Waals surface area contributed by atoms with Gasteiger partial charge in [0, 0.05) is 36.1 Å². The summed E-state index contributed by atoms with van der Waals surface area (Å²) >= 11 is 0. The molecule has 0 saturated carbocycles. The lowest BCUT2D eigenvalue weighted by Gasteiger charge is -2.26. The minimum Gasteiger partial charge on any atom is -0.497 e. The highest BCUT2D eigenvalue weighted by atomic mass is 16.5. The summed E-state index contributed by atoms with van der Waals surface area (Å²) in [5.41, 5.74) is 12.0. The van der Waals surface area contributed by atoms with E-state index < -0.39 is 5.54 Å². The number of aromatic nitrogens is 1. The Balaban J connectivity index is 0.000000868. The highest BCUT2D eigenvalue weighted by molar-refractivity contribution is 5.90. The lowest BCUT2D eigenvalue weighted by Crippen LogP contribution is -2.46. The van der Waals surface area contributed by atoms with Crippen LogP contribution in [0.3, 0.4) is 0 Å². The van der Waals surface area contributed by atoms with Gasteiger partial charge >= 0.3 is 0 Å². The second-order valence-electron chi connectivity index (χ2n) is 9.76. The summed E-state index contributed by atoms with van der Waals surface area (Å²) in [6, 6.07) is 25.8. The maximum Gasteiger partial charge on any atom is 0.247 e.